The number of pyridine rings is 1. The first-order valence-electron chi connectivity index (χ1n) is 9.89. The molecule has 0 aliphatic carbocycles. The molecule has 2 heterocycles. The summed E-state index contributed by atoms with van der Waals surface area (Å²) in [5.74, 6) is 0.0887. The third-order valence-corrected chi connectivity index (χ3v) is 7.77. The fourth-order valence-corrected chi connectivity index (χ4v) is 5.64. The zero-order chi connectivity index (χ0) is 22.0. The van der Waals surface area contributed by atoms with Crippen molar-refractivity contribution in [3.63, 3.8) is 0 Å². The minimum Gasteiger partial charge on any atom is -0.494 e. The molecule has 162 valence electrons. The van der Waals surface area contributed by atoms with Crippen molar-refractivity contribution in [2.75, 3.05) is 25.5 Å². The molecule has 2 aromatic carbocycles. The topological polar surface area (TPSA) is 88.6 Å². The molecule has 1 saturated heterocycles. The molecule has 3 aromatic rings. The van der Waals surface area contributed by atoms with Gasteiger partial charge in [0.15, 0.2) is 0 Å². The largest absolute Gasteiger partial charge is 0.494 e. The van der Waals surface area contributed by atoms with Crippen LogP contribution in [-0.2, 0) is 14.8 Å². The van der Waals surface area contributed by atoms with E-state index in [1.165, 1.54) is 11.4 Å². The summed E-state index contributed by atoms with van der Waals surface area (Å²) in [5, 5.41) is 3.82. The number of halogens is 1. The summed E-state index contributed by atoms with van der Waals surface area (Å²) in [5.41, 5.74) is 1.06. The van der Waals surface area contributed by atoms with E-state index in [0.717, 1.165) is 0 Å². The Morgan fingerprint density at radius 3 is 2.58 bits per heavy atom. The molecule has 1 aromatic heterocycles. The van der Waals surface area contributed by atoms with E-state index in [2.05, 4.69) is 10.3 Å². The lowest BCUT2D eigenvalue weighted by Crippen LogP contribution is -2.41. The highest BCUT2D eigenvalue weighted by Gasteiger charge is 2.33. The molecule has 0 unspecified atom stereocenters. The summed E-state index contributed by atoms with van der Waals surface area (Å²) in [4.78, 5) is 17.1. The number of nitrogens with zero attached hydrogens (tertiary/aromatic N) is 2. The van der Waals surface area contributed by atoms with Crippen LogP contribution < -0.4 is 10.1 Å². The van der Waals surface area contributed by atoms with E-state index in [1.807, 2.05) is 0 Å². The first kappa shape index (κ1) is 21.5. The van der Waals surface area contributed by atoms with Gasteiger partial charge in [0, 0.05) is 30.6 Å². The van der Waals surface area contributed by atoms with Crippen molar-refractivity contribution in [3.05, 3.63) is 59.8 Å². The molecule has 0 atom stereocenters. The summed E-state index contributed by atoms with van der Waals surface area (Å²) in [6.07, 6.45) is 2.47. The van der Waals surface area contributed by atoms with Gasteiger partial charge in [-0.15, -0.1) is 0 Å². The van der Waals surface area contributed by atoms with Crippen molar-refractivity contribution in [1.29, 1.82) is 0 Å². The van der Waals surface area contributed by atoms with Crippen LogP contribution in [0.15, 0.2) is 59.6 Å². The maximum absolute atomic E-state index is 13.4. The predicted molar refractivity (Wildman–Crippen MR) is 120 cm³/mol. The monoisotopic (exact) mass is 459 g/mol. The van der Waals surface area contributed by atoms with E-state index in [-0.39, 0.29) is 29.8 Å². The number of amides is 1. The maximum atomic E-state index is 13.4. The summed E-state index contributed by atoms with van der Waals surface area (Å²) in [7, 11) is -2.22. The van der Waals surface area contributed by atoms with Gasteiger partial charge in [0.2, 0.25) is 15.9 Å². The lowest BCUT2D eigenvalue weighted by atomic mass is 9.97. The Kier molecular flexibility index (Phi) is 6.13. The highest BCUT2D eigenvalue weighted by molar-refractivity contribution is 7.89. The van der Waals surface area contributed by atoms with Crippen molar-refractivity contribution >= 4 is 44.1 Å². The van der Waals surface area contributed by atoms with E-state index < -0.39 is 10.0 Å². The molecule has 4 rings (SSSR count). The molecular formula is C22H22ClN3O4S. The minimum absolute atomic E-state index is 0.149. The first-order valence-corrected chi connectivity index (χ1v) is 11.7. The molecule has 0 radical (unpaired) electrons. The first-order chi connectivity index (χ1) is 14.9. The van der Waals surface area contributed by atoms with Gasteiger partial charge >= 0.3 is 0 Å². The number of nitrogens with one attached hydrogen (secondary N) is 1. The second kappa shape index (κ2) is 8.82. The van der Waals surface area contributed by atoms with Crippen LogP contribution in [0.4, 0.5) is 5.69 Å². The van der Waals surface area contributed by atoms with Crippen LogP contribution in [0.5, 0.6) is 5.75 Å². The van der Waals surface area contributed by atoms with Gasteiger partial charge in [-0.25, -0.2) is 8.42 Å². The van der Waals surface area contributed by atoms with Crippen molar-refractivity contribution in [1.82, 2.24) is 9.29 Å². The molecule has 1 aliphatic rings. The lowest BCUT2D eigenvalue weighted by Gasteiger charge is -2.31. The molecule has 9 heteroatoms. The highest BCUT2D eigenvalue weighted by Crippen LogP contribution is 2.33. The van der Waals surface area contributed by atoms with Gasteiger partial charge in [0.25, 0.3) is 0 Å². The van der Waals surface area contributed by atoms with Gasteiger partial charge < -0.3 is 10.1 Å². The van der Waals surface area contributed by atoms with Gasteiger partial charge in [-0.3, -0.25) is 9.78 Å². The fraction of sp³-hybridized carbons (Fsp3) is 0.273. The maximum Gasteiger partial charge on any atom is 0.243 e. The average Bonchev–Trinajstić information content (AvgIpc) is 2.79. The number of hydrogen-bond donors (Lipinski definition) is 1. The molecular weight excluding hydrogens is 438 g/mol. The van der Waals surface area contributed by atoms with Crippen molar-refractivity contribution in [3.8, 4) is 5.75 Å². The number of anilines is 1. The number of benzene rings is 2. The van der Waals surface area contributed by atoms with Gasteiger partial charge in [-0.05, 0) is 49.2 Å². The number of hydrogen-bond acceptors (Lipinski definition) is 5. The van der Waals surface area contributed by atoms with Gasteiger partial charge in [-0.1, -0.05) is 23.7 Å². The van der Waals surface area contributed by atoms with E-state index in [9.17, 15) is 13.2 Å². The second-order valence-corrected chi connectivity index (χ2v) is 9.63. The number of methoxy groups -OCH3 is 1. The number of sulfonamides is 1. The summed E-state index contributed by atoms with van der Waals surface area (Å²) >= 11 is 6.11. The summed E-state index contributed by atoms with van der Waals surface area (Å²) in [6.45, 7) is 0.521. The molecule has 0 saturated carbocycles. The smallest absolute Gasteiger partial charge is 0.243 e. The molecule has 0 spiro atoms. The van der Waals surface area contributed by atoms with Crippen LogP contribution >= 0.6 is 11.6 Å². The van der Waals surface area contributed by atoms with E-state index in [4.69, 9.17) is 16.3 Å². The van der Waals surface area contributed by atoms with Crippen LogP contribution in [0, 0.1) is 5.92 Å². The molecule has 1 aliphatic heterocycles. The molecule has 1 N–H and O–H groups in total. The quantitative estimate of drug-likeness (QED) is 0.624. The second-order valence-electron chi connectivity index (χ2n) is 7.31. The Balaban J connectivity index is 1.50. The Morgan fingerprint density at radius 2 is 1.87 bits per heavy atom. The number of carbonyl (C=O) groups excluding carboxylic acids is 1. The molecule has 31 heavy (non-hydrogen) atoms. The summed E-state index contributed by atoms with van der Waals surface area (Å²) < 4.78 is 33.4. The zero-order valence-electron chi connectivity index (χ0n) is 16.9. The van der Waals surface area contributed by atoms with Crippen molar-refractivity contribution in [2.24, 2.45) is 5.92 Å². The Morgan fingerprint density at radius 1 is 1.13 bits per heavy atom. The fourth-order valence-electron chi connectivity index (χ4n) is 3.81. The molecule has 7 nitrogen and oxygen atoms in total. The van der Waals surface area contributed by atoms with Gasteiger partial charge in [-0.2, -0.15) is 4.31 Å². The standard InChI is InChI=1S/C22H22ClN3O4S/c1-30-19-8-9-20(16-5-4-12-24-21(16)19)31(28,29)26-13-10-15(11-14-26)22(27)25-18-7-3-2-6-17(18)23/h2-9,12,15H,10-11,13-14H2,1H3,(H,25,27). The molecule has 0 bridgehead atoms. The van der Waals surface area contributed by atoms with Crippen molar-refractivity contribution in [2.45, 2.75) is 17.7 Å². The number of carbonyl (C=O) groups is 1. The molecule has 1 amide bonds. The third-order valence-electron chi connectivity index (χ3n) is 5.49. The van der Waals surface area contributed by atoms with Crippen LogP contribution in [0.2, 0.25) is 5.02 Å². The van der Waals surface area contributed by atoms with Crippen molar-refractivity contribution < 1.29 is 17.9 Å². The van der Waals surface area contributed by atoms with Crippen LogP contribution in [0.1, 0.15) is 12.8 Å². The Labute approximate surface area is 186 Å². The number of rotatable bonds is 5. The van der Waals surface area contributed by atoms with Gasteiger partial charge in [0.1, 0.15) is 11.3 Å². The van der Waals surface area contributed by atoms with Crippen LogP contribution in [0.3, 0.4) is 0 Å². The third kappa shape index (κ3) is 4.23. The van der Waals surface area contributed by atoms with Crippen LogP contribution in [0.25, 0.3) is 10.9 Å². The van der Waals surface area contributed by atoms with E-state index >= 15 is 0 Å². The number of fused-ring (bicyclic) bond motifs is 1. The number of para-hydroxylation sites is 1. The van der Waals surface area contributed by atoms with Gasteiger partial charge in [0.05, 0.1) is 22.7 Å². The Bertz CT molecular complexity index is 1220. The summed E-state index contributed by atoms with van der Waals surface area (Å²) in [6, 6.07) is 13.6. The van der Waals surface area contributed by atoms with Crippen LogP contribution in [-0.4, -0.2) is 43.8 Å². The van der Waals surface area contributed by atoms with E-state index in [1.54, 1.807) is 54.7 Å². The number of aromatic nitrogens is 1. The average molecular weight is 460 g/mol. The SMILES string of the molecule is COc1ccc(S(=O)(=O)N2CCC(C(=O)Nc3ccccc3Cl)CC2)c2cccnc12. The molecule has 1 fully saturated rings. The number of piperidine rings is 1. The van der Waals surface area contributed by atoms with E-state index in [0.29, 0.717) is 40.2 Å². The lowest BCUT2D eigenvalue weighted by molar-refractivity contribution is -0.120. The normalized spacial score (nSPS) is 15.7. The zero-order valence-corrected chi connectivity index (χ0v) is 18.5. The Hall–Kier alpha value is -2.68. The predicted octanol–water partition coefficient (Wildman–Crippen LogP) is 3.94. The minimum atomic E-state index is -3.74. The number of ether oxygens (including phenoxy) is 1. The highest BCUT2D eigenvalue weighted by atomic mass is 35.5.